The van der Waals surface area contributed by atoms with Gasteiger partial charge in [-0.25, -0.2) is 9.78 Å². The first-order valence-corrected chi connectivity index (χ1v) is 9.86. The lowest BCUT2D eigenvalue weighted by molar-refractivity contribution is -0.147. The van der Waals surface area contributed by atoms with E-state index in [-0.39, 0.29) is 18.4 Å². The topological polar surface area (TPSA) is 79.8 Å². The molecule has 28 heavy (non-hydrogen) atoms. The van der Waals surface area contributed by atoms with Crippen LogP contribution in [0.15, 0.2) is 41.8 Å². The van der Waals surface area contributed by atoms with E-state index in [9.17, 15) is 14.4 Å². The summed E-state index contributed by atoms with van der Waals surface area (Å²) in [6, 6.07) is 9.22. The van der Waals surface area contributed by atoms with E-state index in [0.717, 1.165) is 31.6 Å². The van der Waals surface area contributed by atoms with Gasteiger partial charge in [-0.2, -0.15) is 0 Å². The standard InChI is InChI=1S/C20H21N3O4S/c1-15(24)23(17-7-3-2-4-8-17)20-21-16(14-28-20)9-10-19(26)27-13-18(25)22-11-5-6-12-22/h2-4,7-10,14H,5-6,11-13H2,1H3/b10-9+. The van der Waals surface area contributed by atoms with Crippen molar-refractivity contribution in [1.82, 2.24) is 9.88 Å². The summed E-state index contributed by atoms with van der Waals surface area (Å²) < 4.78 is 4.99. The number of aromatic nitrogens is 1. The molecule has 1 aliphatic rings. The van der Waals surface area contributed by atoms with Crippen molar-refractivity contribution < 1.29 is 19.1 Å². The van der Waals surface area contributed by atoms with Crippen LogP contribution in [0.2, 0.25) is 0 Å². The molecule has 0 N–H and O–H groups in total. The molecule has 2 aromatic rings. The number of likely N-dealkylation sites (tertiary alicyclic amines) is 1. The molecular formula is C20H21N3O4S. The number of hydrogen-bond donors (Lipinski definition) is 0. The van der Waals surface area contributed by atoms with Crippen LogP contribution in [0.3, 0.4) is 0 Å². The van der Waals surface area contributed by atoms with Crippen molar-refractivity contribution in [2.75, 3.05) is 24.6 Å². The van der Waals surface area contributed by atoms with Gasteiger partial charge < -0.3 is 9.64 Å². The molecule has 1 saturated heterocycles. The lowest BCUT2D eigenvalue weighted by Gasteiger charge is -2.17. The minimum atomic E-state index is -0.603. The fourth-order valence-electron chi connectivity index (χ4n) is 2.85. The molecule has 8 heteroatoms. The monoisotopic (exact) mass is 399 g/mol. The van der Waals surface area contributed by atoms with Gasteiger partial charge in [0.1, 0.15) is 0 Å². The Hall–Kier alpha value is -3.00. The van der Waals surface area contributed by atoms with Gasteiger partial charge in [-0.15, -0.1) is 11.3 Å². The highest BCUT2D eigenvalue weighted by Crippen LogP contribution is 2.29. The second kappa shape index (κ2) is 9.27. The number of esters is 1. The first-order valence-electron chi connectivity index (χ1n) is 8.98. The van der Waals surface area contributed by atoms with Crippen LogP contribution in [0.4, 0.5) is 10.8 Å². The highest BCUT2D eigenvalue weighted by atomic mass is 32.1. The Morgan fingerprint density at radius 1 is 1.21 bits per heavy atom. The molecule has 0 unspecified atom stereocenters. The molecular weight excluding hydrogens is 378 g/mol. The van der Waals surface area contributed by atoms with Gasteiger partial charge in [-0.3, -0.25) is 14.5 Å². The maximum Gasteiger partial charge on any atom is 0.331 e. The number of anilines is 2. The van der Waals surface area contributed by atoms with Gasteiger partial charge >= 0.3 is 5.97 Å². The zero-order chi connectivity index (χ0) is 19.9. The number of ether oxygens (including phenoxy) is 1. The molecule has 1 aliphatic heterocycles. The van der Waals surface area contributed by atoms with E-state index in [1.807, 2.05) is 30.3 Å². The molecule has 1 aromatic carbocycles. The maximum absolute atomic E-state index is 12.0. The normalized spacial score (nSPS) is 13.7. The summed E-state index contributed by atoms with van der Waals surface area (Å²) in [6.07, 6.45) is 4.72. The van der Waals surface area contributed by atoms with E-state index in [1.54, 1.807) is 10.3 Å². The van der Waals surface area contributed by atoms with E-state index >= 15 is 0 Å². The van der Waals surface area contributed by atoms with E-state index in [1.165, 1.54) is 35.3 Å². The molecule has 1 aromatic heterocycles. The number of hydrogen-bond acceptors (Lipinski definition) is 6. The zero-order valence-electron chi connectivity index (χ0n) is 15.5. The van der Waals surface area contributed by atoms with E-state index < -0.39 is 5.97 Å². The first kappa shape index (κ1) is 19.8. The number of thiazole rings is 1. The number of benzene rings is 1. The Kier molecular flexibility index (Phi) is 6.54. The van der Waals surface area contributed by atoms with Crippen molar-refractivity contribution in [1.29, 1.82) is 0 Å². The number of nitrogens with zero attached hydrogens (tertiary/aromatic N) is 3. The van der Waals surface area contributed by atoms with Crippen molar-refractivity contribution in [2.24, 2.45) is 0 Å². The summed E-state index contributed by atoms with van der Waals surface area (Å²) in [5.41, 5.74) is 1.25. The fraction of sp³-hybridized carbons (Fsp3) is 0.300. The lowest BCUT2D eigenvalue weighted by atomic mass is 10.3. The number of carbonyl (C=O) groups excluding carboxylic acids is 3. The second-order valence-corrected chi connectivity index (χ2v) is 7.11. The third-order valence-electron chi connectivity index (χ3n) is 4.22. The van der Waals surface area contributed by atoms with Gasteiger partial charge in [-0.05, 0) is 31.1 Å². The minimum absolute atomic E-state index is 0.157. The van der Waals surface area contributed by atoms with E-state index in [2.05, 4.69) is 4.98 Å². The minimum Gasteiger partial charge on any atom is -0.452 e. The second-order valence-electron chi connectivity index (χ2n) is 6.27. The van der Waals surface area contributed by atoms with Crippen molar-refractivity contribution >= 4 is 46.0 Å². The summed E-state index contributed by atoms with van der Waals surface area (Å²) in [7, 11) is 0. The third kappa shape index (κ3) is 5.04. The Labute approximate surface area is 167 Å². The highest BCUT2D eigenvalue weighted by molar-refractivity contribution is 7.14. The fourth-order valence-corrected chi connectivity index (χ4v) is 3.71. The first-order chi connectivity index (χ1) is 13.5. The van der Waals surface area contributed by atoms with Gasteiger partial charge in [0.05, 0.1) is 11.4 Å². The molecule has 146 valence electrons. The SMILES string of the molecule is CC(=O)N(c1ccccc1)c1nc(/C=C/C(=O)OCC(=O)N2CCCC2)cs1. The molecule has 0 spiro atoms. The van der Waals surface area contributed by atoms with Gasteiger partial charge in [0.15, 0.2) is 11.7 Å². The van der Waals surface area contributed by atoms with Crippen LogP contribution in [-0.4, -0.2) is 47.4 Å². The van der Waals surface area contributed by atoms with Crippen LogP contribution >= 0.6 is 11.3 Å². The van der Waals surface area contributed by atoms with Crippen molar-refractivity contribution in [3.05, 3.63) is 47.5 Å². The Morgan fingerprint density at radius 3 is 2.61 bits per heavy atom. The quantitative estimate of drug-likeness (QED) is 0.551. The van der Waals surface area contributed by atoms with Crippen LogP contribution in [-0.2, 0) is 19.1 Å². The molecule has 0 aliphatic carbocycles. The van der Waals surface area contributed by atoms with Gasteiger partial charge in [0, 0.05) is 31.5 Å². The van der Waals surface area contributed by atoms with Crippen molar-refractivity contribution in [2.45, 2.75) is 19.8 Å². The summed E-state index contributed by atoms with van der Waals surface area (Å²) in [6.45, 7) is 2.67. The summed E-state index contributed by atoms with van der Waals surface area (Å²) in [5.74, 6) is -0.931. The molecule has 2 amide bonds. The molecule has 1 fully saturated rings. The number of amides is 2. The maximum atomic E-state index is 12.0. The largest absolute Gasteiger partial charge is 0.452 e. The van der Waals surface area contributed by atoms with Gasteiger partial charge in [0.2, 0.25) is 5.91 Å². The van der Waals surface area contributed by atoms with Crippen LogP contribution in [0.1, 0.15) is 25.5 Å². The van der Waals surface area contributed by atoms with Crippen molar-refractivity contribution in [3.8, 4) is 0 Å². The van der Waals surface area contributed by atoms with Crippen LogP contribution < -0.4 is 4.90 Å². The number of para-hydroxylation sites is 1. The summed E-state index contributed by atoms with van der Waals surface area (Å²) in [4.78, 5) is 43.4. The lowest BCUT2D eigenvalue weighted by Crippen LogP contribution is -2.31. The van der Waals surface area contributed by atoms with Crippen molar-refractivity contribution in [3.63, 3.8) is 0 Å². The highest BCUT2D eigenvalue weighted by Gasteiger charge is 2.19. The molecule has 0 radical (unpaired) electrons. The van der Waals surface area contributed by atoms with E-state index in [4.69, 9.17) is 4.74 Å². The number of carbonyl (C=O) groups is 3. The smallest absolute Gasteiger partial charge is 0.331 e. The van der Waals surface area contributed by atoms with E-state index in [0.29, 0.717) is 10.8 Å². The number of rotatable bonds is 6. The average molecular weight is 399 g/mol. The average Bonchev–Trinajstić information content (AvgIpc) is 3.37. The molecule has 0 bridgehead atoms. The predicted octanol–water partition coefficient (Wildman–Crippen LogP) is 3.01. The van der Waals surface area contributed by atoms with Gasteiger partial charge in [-0.1, -0.05) is 18.2 Å². The third-order valence-corrected chi connectivity index (χ3v) is 5.06. The van der Waals surface area contributed by atoms with Crippen LogP contribution in [0, 0.1) is 0 Å². The Bertz CT molecular complexity index is 873. The molecule has 0 atom stereocenters. The zero-order valence-corrected chi connectivity index (χ0v) is 16.4. The summed E-state index contributed by atoms with van der Waals surface area (Å²) in [5, 5.41) is 2.25. The van der Waals surface area contributed by atoms with Crippen LogP contribution in [0.25, 0.3) is 6.08 Å². The Morgan fingerprint density at radius 2 is 1.93 bits per heavy atom. The van der Waals surface area contributed by atoms with Gasteiger partial charge in [0.25, 0.3) is 5.91 Å². The molecule has 3 rings (SSSR count). The summed E-state index contributed by atoms with van der Waals surface area (Å²) >= 11 is 1.30. The van der Waals surface area contributed by atoms with Crippen LogP contribution in [0.5, 0.6) is 0 Å². The molecule has 7 nitrogen and oxygen atoms in total. The predicted molar refractivity (Wildman–Crippen MR) is 107 cm³/mol. The molecule has 0 saturated carbocycles. The molecule has 2 heterocycles. The Balaban J connectivity index is 1.59.